The van der Waals surface area contributed by atoms with Crippen molar-refractivity contribution in [1.82, 2.24) is 0 Å². The summed E-state index contributed by atoms with van der Waals surface area (Å²) in [6.07, 6.45) is -0.619. The zero-order valence-electron chi connectivity index (χ0n) is 8.50. The van der Waals surface area contributed by atoms with Gasteiger partial charge in [0.15, 0.2) is 0 Å². The zero-order valence-corrected chi connectivity index (χ0v) is 9.32. The molecule has 0 radical (unpaired) electrons. The molecule has 1 unspecified atom stereocenters. The molecule has 0 aromatic heterocycles. The first-order valence-electron chi connectivity index (χ1n) is 4.87. The summed E-state index contributed by atoms with van der Waals surface area (Å²) >= 11 is 1.57. The van der Waals surface area contributed by atoms with Gasteiger partial charge < -0.3 is 14.9 Å². The monoisotopic (exact) mass is 228 g/mol. The van der Waals surface area contributed by atoms with Crippen LogP contribution in [0.15, 0.2) is 30.3 Å². The third kappa shape index (κ3) is 5.67. The van der Waals surface area contributed by atoms with Gasteiger partial charge in [0.1, 0.15) is 5.75 Å². The van der Waals surface area contributed by atoms with Crippen LogP contribution < -0.4 is 4.74 Å². The van der Waals surface area contributed by atoms with Crippen LogP contribution in [0, 0.1) is 0 Å². The Morgan fingerprint density at radius 1 is 1.27 bits per heavy atom. The van der Waals surface area contributed by atoms with Crippen molar-refractivity contribution < 1.29 is 14.9 Å². The second kappa shape index (κ2) is 7.56. The number of thioether (sulfide) groups is 1. The van der Waals surface area contributed by atoms with Gasteiger partial charge >= 0.3 is 0 Å². The van der Waals surface area contributed by atoms with Gasteiger partial charge in [-0.25, -0.2) is 0 Å². The summed E-state index contributed by atoms with van der Waals surface area (Å²) in [4.78, 5) is 0. The molecule has 4 heteroatoms. The third-order valence-electron chi connectivity index (χ3n) is 1.76. The van der Waals surface area contributed by atoms with E-state index in [1.54, 1.807) is 11.8 Å². The van der Waals surface area contributed by atoms with Crippen LogP contribution in [-0.4, -0.2) is 41.0 Å². The second-order valence-corrected chi connectivity index (χ2v) is 4.22. The molecule has 0 amide bonds. The fourth-order valence-electron chi connectivity index (χ4n) is 1.01. The minimum atomic E-state index is -0.619. The van der Waals surface area contributed by atoms with Gasteiger partial charge in [-0.3, -0.25) is 0 Å². The molecule has 3 nitrogen and oxygen atoms in total. The number of hydrogen-bond donors (Lipinski definition) is 2. The second-order valence-electron chi connectivity index (χ2n) is 3.07. The summed E-state index contributed by atoms with van der Waals surface area (Å²) in [5.74, 6) is 2.22. The Hall–Kier alpha value is -0.710. The van der Waals surface area contributed by atoms with Gasteiger partial charge in [-0.2, -0.15) is 11.8 Å². The highest BCUT2D eigenvalue weighted by Crippen LogP contribution is 2.09. The fraction of sp³-hybridized carbons (Fsp3) is 0.455. The summed E-state index contributed by atoms with van der Waals surface area (Å²) in [7, 11) is 0. The molecule has 2 N–H and O–H groups in total. The SMILES string of the molecule is OCC(O)CSCCOc1ccccc1. The average Bonchev–Trinajstić information content (AvgIpc) is 2.29. The van der Waals surface area contributed by atoms with Crippen molar-refractivity contribution in [1.29, 1.82) is 0 Å². The van der Waals surface area contributed by atoms with Gasteiger partial charge in [0.05, 0.1) is 19.3 Å². The standard InChI is InChI=1S/C11H16O3S/c12-8-10(13)9-15-7-6-14-11-4-2-1-3-5-11/h1-5,10,12-13H,6-9H2. The molecule has 1 aromatic carbocycles. The normalized spacial score (nSPS) is 12.4. The molecule has 0 fully saturated rings. The van der Waals surface area contributed by atoms with Crippen LogP contribution in [0.1, 0.15) is 0 Å². The average molecular weight is 228 g/mol. The van der Waals surface area contributed by atoms with Crippen molar-refractivity contribution in [3.05, 3.63) is 30.3 Å². The number of benzene rings is 1. The van der Waals surface area contributed by atoms with Gasteiger partial charge in [0.25, 0.3) is 0 Å². The molecule has 0 aliphatic carbocycles. The van der Waals surface area contributed by atoms with E-state index in [2.05, 4.69) is 0 Å². The highest BCUT2D eigenvalue weighted by Gasteiger charge is 2.01. The van der Waals surface area contributed by atoms with Crippen molar-refractivity contribution in [2.24, 2.45) is 0 Å². The lowest BCUT2D eigenvalue weighted by Crippen LogP contribution is -2.15. The van der Waals surface area contributed by atoms with Crippen LogP contribution in [0.2, 0.25) is 0 Å². The summed E-state index contributed by atoms with van der Waals surface area (Å²) in [5.41, 5.74) is 0. The topological polar surface area (TPSA) is 49.7 Å². The largest absolute Gasteiger partial charge is 0.493 e. The highest BCUT2D eigenvalue weighted by atomic mass is 32.2. The van der Waals surface area contributed by atoms with E-state index in [4.69, 9.17) is 14.9 Å². The molecule has 0 aliphatic heterocycles. The Labute approximate surface area is 94.1 Å². The van der Waals surface area contributed by atoms with E-state index in [1.807, 2.05) is 30.3 Å². The predicted octanol–water partition coefficient (Wildman–Crippen LogP) is 1.15. The molecule has 0 aliphatic rings. The Kier molecular flexibility index (Phi) is 6.23. The Morgan fingerprint density at radius 3 is 2.67 bits per heavy atom. The molecule has 0 saturated carbocycles. The van der Waals surface area contributed by atoms with Crippen LogP contribution in [0.4, 0.5) is 0 Å². The lowest BCUT2D eigenvalue weighted by atomic mass is 10.3. The molecule has 15 heavy (non-hydrogen) atoms. The molecular formula is C11H16O3S. The van der Waals surface area contributed by atoms with E-state index in [-0.39, 0.29) is 6.61 Å². The third-order valence-corrected chi connectivity index (χ3v) is 2.84. The van der Waals surface area contributed by atoms with E-state index in [1.165, 1.54) is 0 Å². The van der Waals surface area contributed by atoms with Gasteiger partial charge in [-0.05, 0) is 12.1 Å². The van der Waals surface area contributed by atoms with Gasteiger partial charge in [0.2, 0.25) is 0 Å². The number of ether oxygens (including phenoxy) is 1. The van der Waals surface area contributed by atoms with Crippen LogP contribution in [0.25, 0.3) is 0 Å². The summed E-state index contributed by atoms with van der Waals surface area (Å²) in [5, 5.41) is 17.6. The van der Waals surface area contributed by atoms with Crippen molar-refractivity contribution in [3.8, 4) is 5.75 Å². The lowest BCUT2D eigenvalue weighted by molar-refractivity contribution is 0.113. The van der Waals surface area contributed by atoms with Crippen molar-refractivity contribution >= 4 is 11.8 Å². The van der Waals surface area contributed by atoms with Crippen LogP contribution in [0.3, 0.4) is 0 Å². The quantitative estimate of drug-likeness (QED) is 0.687. The fourth-order valence-corrected chi connectivity index (χ4v) is 1.75. The van der Waals surface area contributed by atoms with Gasteiger partial charge in [0, 0.05) is 11.5 Å². The molecular weight excluding hydrogens is 212 g/mol. The van der Waals surface area contributed by atoms with Gasteiger partial charge in [-0.15, -0.1) is 0 Å². The van der Waals surface area contributed by atoms with Crippen molar-refractivity contribution in [3.63, 3.8) is 0 Å². The molecule has 1 rings (SSSR count). The maximum Gasteiger partial charge on any atom is 0.119 e. The number of hydrogen-bond acceptors (Lipinski definition) is 4. The summed E-state index contributed by atoms with van der Waals surface area (Å²) < 4.78 is 5.46. The Balaban J connectivity index is 2.03. The molecule has 0 saturated heterocycles. The maximum absolute atomic E-state index is 9.06. The van der Waals surface area contributed by atoms with E-state index in [9.17, 15) is 0 Å². The molecule has 1 aromatic rings. The van der Waals surface area contributed by atoms with Gasteiger partial charge in [-0.1, -0.05) is 18.2 Å². The number of rotatable bonds is 7. The zero-order chi connectivity index (χ0) is 10.9. The highest BCUT2D eigenvalue weighted by molar-refractivity contribution is 7.99. The minimum absolute atomic E-state index is 0.174. The number of aliphatic hydroxyl groups excluding tert-OH is 2. The first kappa shape index (κ1) is 12.4. The van der Waals surface area contributed by atoms with E-state index in [0.29, 0.717) is 12.4 Å². The smallest absolute Gasteiger partial charge is 0.119 e. The summed E-state index contributed by atoms with van der Waals surface area (Å²) in [6.45, 7) is 0.444. The molecule has 84 valence electrons. The lowest BCUT2D eigenvalue weighted by Gasteiger charge is -2.07. The molecule has 0 spiro atoms. The van der Waals surface area contributed by atoms with E-state index >= 15 is 0 Å². The van der Waals surface area contributed by atoms with E-state index in [0.717, 1.165) is 11.5 Å². The van der Waals surface area contributed by atoms with E-state index < -0.39 is 6.10 Å². The molecule has 0 bridgehead atoms. The first-order valence-corrected chi connectivity index (χ1v) is 6.03. The van der Waals surface area contributed by atoms with Crippen LogP contribution >= 0.6 is 11.8 Å². The summed E-state index contributed by atoms with van der Waals surface area (Å²) in [6, 6.07) is 9.62. The first-order chi connectivity index (χ1) is 7.33. The maximum atomic E-state index is 9.06. The van der Waals surface area contributed by atoms with Crippen molar-refractivity contribution in [2.45, 2.75) is 6.10 Å². The molecule has 0 heterocycles. The van der Waals surface area contributed by atoms with Crippen LogP contribution in [0.5, 0.6) is 5.75 Å². The number of aliphatic hydroxyl groups is 2. The Bertz CT molecular complexity index is 253. The predicted molar refractivity (Wildman–Crippen MR) is 62.4 cm³/mol. The molecule has 1 atom stereocenters. The minimum Gasteiger partial charge on any atom is -0.493 e. The Morgan fingerprint density at radius 2 is 2.00 bits per heavy atom. The van der Waals surface area contributed by atoms with Crippen molar-refractivity contribution in [2.75, 3.05) is 24.7 Å². The van der Waals surface area contributed by atoms with Crippen LogP contribution in [-0.2, 0) is 0 Å². The number of para-hydroxylation sites is 1.